The molecule has 1 aliphatic heterocycles. The van der Waals surface area contributed by atoms with Crippen molar-refractivity contribution in [3.05, 3.63) is 35.9 Å². The first-order valence-corrected chi connectivity index (χ1v) is 5.62. The van der Waals surface area contributed by atoms with Gasteiger partial charge in [0.2, 0.25) is 0 Å². The molecule has 0 aromatic heterocycles. The van der Waals surface area contributed by atoms with E-state index in [0.29, 0.717) is 6.61 Å². The predicted octanol–water partition coefficient (Wildman–Crippen LogP) is 2.58. The monoisotopic (exact) mass is 219 g/mol. The zero-order valence-electron chi connectivity index (χ0n) is 9.72. The Labute approximate surface area is 96.1 Å². The Morgan fingerprint density at radius 2 is 2.06 bits per heavy atom. The molecule has 1 aliphatic rings. The fourth-order valence-electron chi connectivity index (χ4n) is 1.91. The van der Waals surface area contributed by atoms with E-state index >= 15 is 0 Å². The van der Waals surface area contributed by atoms with E-state index in [1.54, 1.807) is 7.11 Å². The van der Waals surface area contributed by atoms with Crippen molar-refractivity contribution in [1.82, 2.24) is 0 Å². The molecule has 0 bridgehead atoms. The Morgan fingerprint density at radius 1 is 1.31 bits per heavy atom. The maximum absolute atomic E-state index is 5.83. The van der Waals surface area contributed by atoms with Gasteiger partial charge in [0.25, 0.3) is 0 Å². The van der Waals surface area contributed by atoms with Crippen molar-refractivity contribution in [1.29, 1.82) is 0 Å². The zero-order valence-corrected chi connectivity index (χ0v) is 9.72. The van der Waals surface area contributed by atoms with Crippen LogP contribution in [0.5, 0.6) is 0 Å². The molecule has 86 valence electrons. The molecule has 3 heteroatoms. The molecule has 2 unspecified atom stereocenters. The fourth-order valence-corrected chi connectivity index (χ4v) is 1.91. The van der Waals surface area contributed by atoms with Gasteiger partial charge < -0.3 is 9.47 Å². The lowest BCUT2D eigenvalue weighted by atomic mass is 10.0. The number of aliphatic imine (C=N–C) groups is 1. The number of rotatable bonds is 4. The van der Waals surface area contributed by atoms with Crippen molar-refractivity contribution >= 4 is 5.90 Å². The summed E-state index contributed by atoms with van der Waals surface area (Å²) >= 11 is 0. The van der Waals surface area contributed by atoms with E-state index in [-0.39, 0.29) is 12.1 Å². The van der Waals surface area contributed by atoms with Crippen LogP contribution in [0, 0.1) is 0 Å². The normalized spacial score (nSPS) is 24.0. The van der Waals surface area contributed by atoms with Gasteiger partial charge in [-0.1, -0.05) is 37.3 Å². The summed E-state index contributed by atoms with van der Waals surface area (Å²) in [6, 6.07) is 10.3. The van der Waals surface area contributed by atoms with E-state index in [1.165, 1.54) is 0 Å². The highest BCUT2D eigenvalue weighted by Crippen LogP contribution is 2.29. The molecule has 0 aliphatic carbocycles. The van der Waals surface area contributed by atoms with Crippen LogP contribution < -0.4 is 0 Å². The summed E-state index contributed by atoms with van der Waals surface area (Å²) in [7, 11) is 1.70. The molecule has 1 aromatic carbocycles. The van der Waals surface area contributed by atoms with Crippen molar-refractivity contribution in [3.8, 4) is 0 Å². The topological polar surface area (TPSA) is 30.8 Å². The van der Waals surface area contributed by atoms with Gasteiger partial charge >= 0.3 is 0 Å². The molecule has 2 atom stereocenters. The summed E-state index contributed by atoms with van der Waals surface area (Å²) in [5, 5.41) is 0. The standard InChI is InChI=1S/C13H17NO2/c1-3-12-14-11(9-15-2)13(16-12)10-7-5-4-6-8-10/h4-8,11,13H,3,9H2,1-2H3. The highest BCUT2D eigenvalue weighted by molar-refractivity contribution is 5.78. The van der Waals surface area contributed by atoms with Crippen LogP contribution in [0.15, 0.2) is 35.3 Å². The maximum Gasteiger partial charge on any atom is 0.184 e. The number of benzene rings is 1. The number of ether oxygens (including phenoxy) is 2. The highest BCUT2D eigenvalue weighted by Gasteiger charge is 2.31. The second-order valence-corrected chi connectivity index (χ2v) is 3.85. The summed E-state index contributed by atoms with van der Waals surface area (Å²) in [6.07, 6.45) is 0.847. The van der Waals surface area contributed by atoms with Gasteiger partial charge in [-0.05, 0) is 5.56 Å². The molecule has 3 nitrogen and oxygen atoms in total. The van der Waals surface area contributed by atoms with Crippen LogP contribution in [0.25, 0.3) is 0 Å². The smallest absolute Gasteiger partial charge is 0.184 e. The van der Waals surface area contributed by atoms with Gasteiger partial charge in [0.15, 0.2) is 5.90 Å². The summed E-state index contributed by atoms with van der Waals surface area (Å²) in [5.74, 6) is 0.830. The van der Waals surface area contributed by atoms with Gasteiger partial charge in [-0.25, -0.2) is 4.99 Å². The zero-order chi connectivity index (χ0) is 11.4. The quantitative estimate of drug-likeness (QED) is 0.779. The Bertz CT molecular complexity index is 361. The molecule has 0 amide bonds. The average Bonchev–Trinajstić information content (AvgIpc) is 2.74. The number of nitrogens with zero attached hydrogens (tertiary/aromatic N) is 1. The van der Waals surface area contributed by atoms with Crippen LogP contribution in [0.3, 0.4) is 0 Å². The van der Waals surface area contributed by atoms with Gasteiger partial charge in [0, 0.05) is 13.5 Å². The SMILES string of the molecule is CCC1=NC(COC)C(c2ccccc2)O1. The molecule has 0 fully saturated rings. The van der Waals surface area contributed by atoms with Crippen LogP contribution >= 0.6 is 0 Å². The molecule has 2 rings (SSSR count). The lowest BCUT2D eigenvalue weighted by Crippen LogP contribution is -2.19. The minimum absolute atomic E-state index is 0.0103. The van der Waals surface area contributed by atoms with Crippen LogP contribution in [0.2, 0.25) is 0 Å². The Balaban J connectivity index is 2.16. The van der Waals surface area contributed by atoms with Gasteiger partial charge in [-0.2, -0.15) is 0 Å². The molecule has 0 radical (unpaired) electrons. The van der Waals surface area contributed by atoms with E-state index in [4.69, 9.17) is 9.47 Å². The first kappa shape index (κ1) is 11.1. The summed E-state index contributed by atoms with van der Waals surface area (Å²) in [5.41, 5.74) is 1.16. The van der Waals surface area contributed by atoms with Gasteiger partial charge in [0.1, 0.15) is 12.1 Å². The molecule has 1 heterocycles. The Hall–Kier alpha value is -1.35. The number of hydrogen-bond donors (Lipinski definition) is 0. The number of methoxy groups -OCH3 is 1. The van der Waals surface area contributed by atoms with Gasteiger partial charge in [-0.15, -0.1) is 0 Å². The van der Waals surface area contributed by atoms with E-state index < -0.39 is 0 Å². The van der Waals surface area contributed by atoms with Crippen molar-refractivity contribution in [2.45, 2.75) is 25.5 Å². The second kappa shape index (κ2) is 5.12. The fraction of sp³-hybridized carbons (Fsp3) is 0.462. The molecular weight excluding hydrogens is 202 g/mol. The molecule has 0 saturated heterocycles. The Morgan fingerprint density at radius 3 is 2.69 bits per heavy atom. The van der Waals surface area contributed by atoms with Crippen molar-refractivity contribution in [2.24, 2.45) is 4.99 Å². The molecule has 0 N–H and O–H groups in total. The summed E-state index contributed by atoms with van der Waals surface area (Å²) in [6.45, 7) is 2.65. The molecule has 1 aromatic rings. The first-order valence-electron chi connectivity index (χ1n) is 5.62. The average molecular weight is 219 g/mol. The van der Waals surface area contributed by atoms with Crippen molar-refractivity contribution in [3.63, 3.8) is 0 Å². The predicted molar refractivity (Wildman–Crippen MR) is 63.7 cm³/mol. The van der Waals surface area contributed by atoms with Crippen LogP contribution in [0.1, 0.15) is 25.0 Å². The molecular formula is C13H17NO2. The third-order valence-corrected chi connectivity index (χ3v) is 2.69. The van der Waals surface area contributed by atoms with Crippen LogP contribution in [0.4, 0.5) is 0 Å². The third-order valence-electron chi connectivity index (χ3n) is 2.69. The van der Waals surface area contributed by atoms with E-state index in [0.717, 1.165) is 17.9 Å². The first-order chi connectivity index (χ1) is 7.85. The van der Waals surface area contributed by atoms with E-state index in [9.17, 15) is 0 Å². The lowest BCUT2D eigenvalue weighted by molar-refractivity contribution is 0.119. The van der Waals surface area contributed by atoms with E-state index in [1.807, 2.05) is 18.2 Å². The minimum atomic E-state index is 0.0103. The Kier molecular flexibility index (Phi) is 3.57. The lowest BCUT2D eigenvalue weighted by Gasteiger charge is -2.17. The molecule has 0 spiro atoms. The molecule has 0 saturated carbocycles. The second-order valence-electron chi connectivity index (χ2n) is 3.85. The van der Waals surface area contributed by atoms with Crippen molar-refractivity contribution < 1.29 is 9.47 Å². The minimum Gasteiger partial charge on any atom is -0.471 e. The summed E-state index contributed by atoms with van der Waals surface area (Å²) < 4.78 is 11.0. The largest absolute Gasteiger partial charge is 0.471 e. The number of hydrogen-bond acceptors (Lipinski definition) is 3. The highest BCUT2D eigenvalue weighted by atomic mass is 16.5. The van der Waals surface area contributed by atoms with Gasteiger partial charge in [0.05, 0.1) is 6.61 Å². The third kappa shape index (κ3) is 2.25. The van der Waals surface area contributed by atoms with Gasteiger partial charge in [-0.3, -0.25) is 0 Å². The molecule has 16 heavy (non-hydrogen) atoms. The van der Waals surface area contributed by atoms with Crippen LogP contribution in [-0.2, 0) is 9.47 Å². The van der Waals surface area contributed by atoms with Crippen molar-refractivity contribution in [2.75, 3.05) is 13.7 Å². The maximum atomic E-state index is 5.83. The summed E-state index contributed by atoms with van der Waals surface area (Å²) in [4.78, 5) is 4.52. The van der Waals surface area contributed by atoms with Crippen LogP contribution in [-0.4, -0.2) is 25.7 Å². The van der Waals surface area contributed by atoms with E-state index in [2.05, 4.69) is 24.0 Å².